The Kier molecular flexibility index (Phi) is 6.47. The van der Waals surface area contributed by atoms with E-state index in [-0.39, 0.29) is 19.0 Å². The summed E-state index contributed by atoms with van der Waals surface area (Å²) >= 11 is 0. The van der Waals surface area contributed by atoms with E-state index in [1.165, 1.54) is 4.90 Å². The van der Waals surface area contributed by atoms with Crippen molar-refractivity contribution in [3.63, 3.8) is 0 Å². The molecule has 0 aliphatic carbocycles. The second kappa shape index (κ2) is 8.26. The lowest BCUT2D eigenvalue weighted by Crippen LogP contribution is -2.52. The zero-order valence-electron chi connectivity index (χ0n) is 14.6. The molecule has 2 amide bonds. The molecular formula is C16H20F3N3O4S. The van der Waals surface area contributed by atoms with Gasteiger partial charge < -0.3 is 9.80 Å². The Bertz CT molecular complexity index is 803. The van der Waals surface area contributed by atoms with Crippen LogP contribution in [0, 0.1) is 0 Å². The topological polar surface area (TPSA) is 86.8 Å². The highest BCUT2D eigenvalue weighted by Gasteiger charge is 2.32. The maximum Gasteiger partial charge on any atom is 0.416 e. The Balaban J connectivity index is 1.96. The number of halogens is 3. The molecular weight excluding hydrogens is 387 g/mol. The van der Waals surface area contributed by atoms with Crippen LogP contribution in [0.3, 0.4) is 0 Å². The molecule has 0 aromatic heterocycles. The van der Waals surface area contributed by atoms with E-state index in [9.17, 15) is 31.2 Å². The van der Waals surface area contributed by atoms with Crippen LogP contribution in [-0.4, -0.2) is 62.8 Å². The minimum absolute atomic E-state index is 0.0210. The van der Waals surface area contributed by atoms with Crippen molar-refractivity contribution in [3.05, 3.63) is 29.8 Å². The number of benzene rings is 1. The minimum atomic E-state index is -4.67. The van der Waals surface area contributed by atoms with E-state index >= 15 is 0 Å². The number of nitrogens with one attached hydrogen (secondary N) is 1. The smallest absolute Gasteiger partial charge is 0.339 e. The SMILES string of the molecule is CCC(=O)N1CCN(C(=O)CNS(=O)(=O)c2cccc(C(F)(F)F)c2)CC1. The van der Waals surface area contributed by atoms with Crippen LogP contribution in [0.1, 0.15) is 18.9 Å². The Morgan fingerprint density at radius 2 is 1.63 bits per heavy atom. The zero-order chi connectivity index (χ0) is 20.2. The number of piperazine rings is 1. The van der Waals surface area contributed by atoms with Gasteiger partial charge in [-0.05, 0) is 18.2 Å². The summed E-state index contributed by atoms with van der Waals surface area (Å²) in [6.07, 6.45) is -4.30. The third kappa shape index (κ3) is 5.42. The van der Waals surface area contributed by atoms with Crippen molar-refractivity contribution in [2.45, 2.75) is 24.4 Å². The summed E-state index contributed by atoms with van der Waals surface area (Å²) < 4.78 is 64.6. The summed E-state index contributed by atoms with van der Waals surface area (Å²) in [5.41, 5.74) is -1.09. The van der Waals surface area contributed by atoms with Crippen LogP contribution in [-0.2, 0) is 25.8 Å². The van der Waals surface area contributed by atoms with Crippen molar-refractivity contribution < 1.29 is 31.2 Å². The van der Waals surface area contributed by atoms with Crippen LogP contribution in [0.25, 0.3) is 0 Å². The molecule has 1 N–H and O–H groups in total. The Morgan fingerprint density at radius 3 is 2.15 bits per heavy atom. The van der Waals surface area contributed by atoms with Crippen molar-refractivity contribution in [1.29, 1.82) is 0 Å². The van der Waals surface area contributed by atoms with E-state index in [2.05, 4.69) is 0 Å². The van der Waals surface area contributed by atoms with Gasteiger partial charge in [0, 0.05) is 32.6 Å². The molecule has 27 heavy (non-hydrogen) atoms. The molecule has 1 fully saturated rings. The first-order valence-electron chi connectivity index (χ1n) is 8.27. The van der Waals surface area contributed by atoms with Gasteiger partial charge in [0.25, 0.3) is 0 Å². The average Bonchev–Trinajstić information content (AvgIpc) is 2.65. The third-order valence-corrected chi connectivity index (χ3v) is 5.57. The van der Waals surface area contributed by atoms with Crippen LogP contribution in [0.15, 0.2) is 29.2 Å². The van der Waals surface area contributed by atoms with Gasteiger partial charge in [-0.3, -0.25) is 9.59 Å². The fourth-order valence-electron chi connectivity index (χ4n) is 2.62. The number of rotatable bonds is 5. The van der Waals surface area contributed by atoms with E-state index in [1.807, 2.05) is 4.72 Å². The summed E-state index contributed by atoms with van der Waals surface area (Å²) in [6.45, 7) is 2.44. The van der Waals surface area contributed by atoms with Crippen LogP contribution >= 0.6 is 0 Å². The number of amides is 2. The van der Waals surface area contributed by atoms with Crippen molar-refractivity contribution in [3.8, 4) is 0 Å². The van der Waals surface area contributed by atoms with E-state index in [0.29, 0.717) is 25.6 Å². The van der Waals surface area contributed by atoms with E-state index in [1.54, 1.807) is 11.8 Å². The maximum atomic E-state index is 12.7. The second-order valence-electron chi connectivity index (χ2n) is 5.97. The van der Waals surface area contributed by atoms with Gasteiger partial charge >= 0.3 is 6.18 Å². The fraction of sp³-hybridized carbons (Fsp3) is 0.500. The summed E-state index contributed by atoms with van der Waals surface area (Å²) in [5, 5.41) is 0. The lowest BCUT2D eigenvalue weighted by atomic mass is 10.2. The van der Waals surface area contributed by atoms with Crippen LogP contribution in [0.2, 0.25) is 0 Å². The van der Waals surface area contributed by atoms with Gasteiger partial charge in [-0.15, -0.1) is 0 Å². The molecule has 0 spiro atoms. The molecule has 11 heteroatoms. The number of hydrogen-bond donors (Lipinski definition) is 1. The normalized spacial score (nSPS) is 15.7. The fourth-order valence-corrected chi connectivity index (χ4v) is 3.64. The van der Waals surface area contributed by atoms with E-state index in [0.717, 1.165) is 18.2 Å². The molecule has 0 unspecified atom stereocenters. The van der Waals surface area contributed by atoms with Gasteiger partial charge in [0.05, 0.1) is 17.0 Å². The molecule has 0 radical (unpaired) electrons. The highest BCUT2D eigenvalue weighted by Crippen LogP contribution is 2.30. The first kappa shape index (κ1) is 21.2. The highest BCUT2D eigenvalue weighted by atomic mass is 32.2. The molecule has 1 aromatic carbocycles. The standard InChI is InChI=1S/C16H20F3N3O4S/c1-2-14(23)21-6-8-22(9-7-21)15(24)11-20-27(25,26)13-5-3-4-12(10-13)16(17,18)19/h3-5,10,20H,2,6-9,11H2,1H3. The van der Waals surface area contributed by atoms with Gasteiger partial charge in [0.15, 0.2) is 0 Å². The molecule has 1 saturated heterocycles. The van der Waals surface area contributed by atoms with Crippen LogP contribution in [0.4, 0.5) is 13.2 Å². The molecule has 0 bridgehead atoms. The lowest BCUT2D eigenvalue weighted by Gasteiger charge is -2.34. The number of sulfonamides is 1. The summed E-state index contributed by atoms with van der Waals surface area (Å²) in [7, 11) is -4.27. The maximum absolute atomic E-state index is 12.7. The molecule has 2 rings (SSSR count). The van der Waals surface area contributed by atoms with Crippen LogP contribution < -0.4 is 4.72 Å². The molecule has 0 saturated carbocycles. The highest BCUT2D eigenvalue weighted by molar-refractivity contribution is 7.89. The minimum Gasteiger partial charge on any atom is -0.339 e. The van der Waals surface area contributed by atoms with Gasteiger partial charge in [0.2, 0.25) is 21.8 Å². The summed E-state index contributed by atoms with van der Waals surface area (Å²) in [4.78, 5) is 26.2. The molecule has 7 nitrogen and oxygen atoms in total. The first-order chi connectivity index (χ1) is 12.5. The van der Waals surface area contributed by atoms with Gasteiger partial charge in [-0.1, -0.05) is 13.0 Å². The summed E-state index contributed by atoms with van der Waals surface area (Å²) in [5.74, 6) is -0.526. The first-order valence-corrected chi connectivity index (χ1v) is 9.75. The lowest BCUT2D eigenvalue weighted by molar-refractivity contribution is -0.138. The van der Waals surface area contributed by atoms with E-state index in [4.69, 9.17) is 0 Å². The summed E-state index contributed by atoms with van der Waals surface area (Å²) in [6, 6.07) is 3.30. The molecule has 1 aromatic rings. The molecule has 1 heterocycles. The van der Waals surface area contributed by atoms with Crippen molar-refractivity contribution in [1.82, 2.24) is 14.5 Å². The average molecular weight is 407 g/mol. The van der Waals surface area contributed by atoms with Crippen molar-refractivity contribution in [2.75, 3.05) is 32.7 Å². The second-order valence-corrected chi connectivity index (χ2v) is 7.73. The molecule has 0 atom stereocenters. The third-order valence-electron chi connectivity index (χ3n) is 4.17. The number of carbonyl (C=O) groups is 2. The zero-order valence-corrected chi connectivity index (χ0v) is 15.4. The quantitative estimate of drug-likeness (QED) is 0.791. The van der Waals surface area contributed by atoms with E-state index < -0.39 is 39.1 Å². The Morgan fingerprint density at radius 1 is 1.07 bits per heavy atom. The van der Waals surface area contributed by atoms with Crippen molar-refractivity contribution >= 4 is 21.8 Å². The van der Waals surface area contributed by atoms with Gasteiger partial charge in [-0.25, -0.2) is 13.1 Å². The van der Waals surface area contributed by atoms with Gasteiger partial charge in [0.1, 0.15) is 0 Å². The Hall–Kier alpha value is -2.14. The number of hydrogen-bond acceptors (Lipinski definition) is 4. The van der Waals surface area contributed by atoms with Gasteiger partial charge in [-0.2, -0.15) is 13.2 Å². The number of carbonyl (C=O) groups excluding carboxylic acids is 2. The predicted octanol–water partition coefficient (Wildman–Crippen LogP) is 1.06. The monoisotopic (exact) mass is 407 g/mol. The van der Waals surface area contributed by atoms with Crippen molar-refractivity contribution in [2.24, 2.45) is 0 Å². The molecule has 1 aliphatic heterocycles. The largest absolute Gasteiger partial charge is 0.416 e. The number of alkyl halides is 3. The Labute approximate surface area is 155 Å². The molecule has 1 aliphatic rings. The van der Waals surface area contributed by atoms with Crippen LogP contribution in [0.5, 0.6) is 0 Å². The number of nitrogens with zero attached hydrogens (tertiary/aromatic N) is 2. The predicted molar refractivity (Wildman–Crippen MR) is 90.1 cm³/mol. The molecule has 150 valence electrons.